The van der Waals surface area contributed by atoms with E-state index in [0.717, 1.165) is 74.0 Å². The van der Waals surface area contributed by atoms with Crippen molar-refractivity contribution in [3.8, 4) is 0 Å². The third-order valence-corrected chi connectivity index (χ3v) is 12.4. The largest absolute Gasteiger partial charge is 0.272 e. The lowest BCUT2D eigenvalue weighted by molar-refractivity contribution is 0.568. The summed E-state index contributed by atoms with van der Waals surface area (Å²) in [5.74, 6) is 0. The molecule has 0 N–H and O–H groups in total. The fourth-order valence-electron chi connectivity index (χ4n) is 8.87. The lowest BCUT2D eigenvalue weighted by atomic mass is 9.79. The zero-order valence-corrected chi connectivity index (χ0v) is 26.8. The smallest absolute Gasteiger partial charge is 0.261 e. The molecule has 46 heavy (non-hydrogen) atoms. The average molecular weight is 635 g/mol. The van der Waals surface area contributed by atoms with Crippen LogP contribution in [0.15, 0.2) is 66.3 Å². The van der Waals surface area contributed by atoms with Gasteiger partial charge in [-0.2, -0.15) is 0 Å². The van der Waals surface area contributed by atoms with Gasteiger partial charge in [-0.05, 0) is 96.4 Å². The van der Waals surface area contributed by atoms with Crippen LogP contribution in [0.2, 0.25) is 0 Å². The maximum Gasteiger partial charge on any atom is 0.261 e. The molecule has 6 nitrogen and oxygen atoms in total. The predicted octanol–water partition coefficient (Wildman–Crippen LogP) is 8.74. The van der Waals surface area contributed by atoms with E-state index >= 15 is 0 Å². The molecule has 4 heterocycles. The van der Waals surface area contributed by atoms with E-state index in [0.29, 0.717) is 32.3 Å². The number of pyridine rings is 2. The zero-order valence-electron chi connectivity index (χ0n) is 25.1. The number of nitrogens with zero attached hydrogens (tertiary/aromatic N) is 2. The molecule has 220 valence electrons. The van der Waals surface area contributed by atoms with Crippen molar-refractivity contribution in [2.45, 2.75) is 39.8 Å². The first-order chi connectivity index (χ1) is 22.2. The molecule has 7 aromatic carbocycles. The Labute approximate surface area is 265 Å². The van der Waals surface area contributed by atoms with Crippen molar-refractivity contribution in [1.82, 2.24) is 9.13 Å². The van der Waals surface area contributed by atoms with Crippen LogP contribution in [-0.4, -0.2) is 9.13 Å². The zero-order chi connectivity index (χ0) is 31.2. The Morgan fingerprint density at radius 2 is 0.739 bits per heavy atom. The fourth-order valence-corrected chi connectivity index (χ4v) is 10.7. The van der Waals surface area contributed by atoms with Crippen molar-refractivity contribution in [3.63, 3.8) is 0 Å². The normalized spacial score (nSPS) is 13.5. The summed E-state index contributed by atoms with van der Waals surface area (Å²) in [6, 6.07) is 11.6. The van der Waals surface area contributed by atoms with E-state index in [1.165, 1.54) is 9.13 Å². The minimum absolute atomic E-state index is 0.271. The highest BCUT2D eigenvalue weighted by atomic mass is 32.1. The Hall–Kier alpha value is -4.92. The lowest BCUT2D eigenvalue weighted by Crippen LogP contribution is -2.35. The second kappa shape index (κ2) is 7.71. The predicted molar refractivity (Wildman–Crippen MR) is 195 cm³/mol. The van der Waals surface area contributed by atoms with Crippen molar-refractivity contribution in [2.75, 3.05) is 0 Å². The molecular weight excluding hydrogens is 613 g/mol. The molecule has 8 heteroatoms. The summed E-state index contributed by atoms with van der Waals surface area (Å²) in [4.78, 5) is 56.8. The SMILES string of the molecule is CC(C)n1c(=O)c2cc3c4ccsc4c4cc5c(=O)n(C(C)C)c(=O)c6cc7c8ccsc8c8cc(c1=O)c2c1c3c4c(c65)c7c81. The van der Waals surface area contributed by atoms with Crippen LogP contribution in [0, 0.1) is 0 Å². The van der Waals surface area contributed by atoms with E-state index in [4.69, 9.17) is 0 Å². The molecule has 0 saturated carbocycles. The molecular formula is C38H22N2O4S2. The minimum atomic E-state index is -0.298. The lowest BCUT2D eigenvalue weighted by Gasteiger charge is -2.25. The van der Waals surface area contributed by atoms with Crippen LogP contribution >= 0.6 is 22.7 Å². The highest BCUT2D eigenvalue weighted by Gasteiger charge is 2.31. The van der Waals surface area contributed by atoms with Crippen molar-refractivity contribution in [1.29, 1.82) is 0 Å². The van der Waals surface area contributed by atoms with E-state index < -0.39 is 0 Å². The molecule has 11 rings (SSSR count). The number of aromatic nitrogens is 2. The minimum Gasteiger partial charge on any atom is -0.272 e. The number of benzene rings is 7. The third kappa shape index (κ3) is 2.48. The van der Waals surface area contributed by atoms with Crippen LogP contribution in [0.25, 0.3) is 106 Å². The summed E-state index contributed by atoms with van der Waals surface area (Å²) < 4.78 is 4.87. The number of thiophene rings is 2. The van der Waals surface area contributed by atoms with E-state index in [9.17, 15) is 19.2 Å². The fraction of sp³-hybridized carbons (Fsp3) is 0.158. The van der Waals surface area contributed by atoms with Gasteiger partial charge in [0, 0.05) is 96.9 Å². The van der Waals surface area contributed by atoms with Gasteiger partial charge in [0.05, 0.1) is 0 Å². The molecule has 0 aliphatic rings. The first-order valence-corrected chi connectivity index (χ1v) is 17.2. The molecule has 0 atom stereocenters. The van der Waals surface area contributed by atoms with Gasteiger partial charge in [-0.25, -0.2) is 0 Å². The second-order valence-electron chi connectivity index (χ2n) is 13.4. The first-order valence-electron chi connectivity index (χ1n) is 15.5. The molecule has 0 aliphatic heterocycles. The Balaban J connectivity index is 1.65. The summed E-state index contributed by atoms with van der Waals surface area (Å²) >= 11 is 3.24. The number of fused-ring (bicyclic) bond motifs is 6. The number of rotatable bonds is 2. The maximum absolute atomic E-state index is 14.2. The Kier molecular flexibility index (Phi) is 4.24. The highest BCUT2D eigenvalue weighted by molar-refractivity contribution is 7.19. The second-order valence-corrected chi connectivity index (χ2v) is 15.2. The Bertz CT molecular complexity index is 2970. The van der Waals surface area contributed by atoms with Crippen LogP contribution in [0.5, 0.6) is 0 Å². The van der Waals surface area contributed by atoms with E-state index in [-0.39, 0.29) is 34.3 Å². The van der Waals surface area contributed by atoms with Gasteiger partial charge in [0.1, 0.15) is 0 Å². The summed E-state index contributed by atoms with van der Waals surface area (Å²) in [6.07, 6.45) is 0. The molecule has 0 amide bonds. The van der Waals surface area contributed by atoms with Gasteiger partial charge in [-0.3, -0.25) is 28.3 Å². The van der Waals surface area contributed by atoms with Gasteiger partial charge in [0.25, 0.3) is 22.2 Å². The van der Waals surface area contributed by atoms with Gasteiger partial charge in [0.15, 0.2) is 0 Å². The van der Waals surface area contributed by atoms with Crippen LogP contribution in [-0.2, 0) is 0 Å². The van der Waals surface area contributed by atoms with Crippen LogP contribution in [0.3, 0.4) is 0 Å². The van der Waals surface area contributed by atoms with Gasteiger partial charge >= 0.3 is 0 Å². The third-order valence-electron chi connectivity index (χ3n) is 10.5. The molecule has 4 aromatic heterocycles. The first kappa shape index (κ1) is 25.3. The Morgan fingerprint density at radius 3 is 1.09 bits per heavy atom. The standard InChI is InChI=1S/C38H22N2O4S2/c1-13(2)39-35(41)21-9-17-15-5-7-46-34(15)20-12-24-26-22(36(42)40(14(3)4)38(24)44)10-18-16-6-8-45-33(16)19-11-23(37(39)43)25(21)31-27(17)30(20)32(26)28(18)29(19)31/h5-14H,1-4H3. The number of hydrogen-bond acceptors (Lipinski definition) is 6. The van der Waals surface area contributed by atoms with Crippen molar-refractivity contribution < 1.29 is 0 Å². The van der Waals surface area contributed by atoms with Crippen LogP contribution in [0.1, 0.15) is 39.8 Å². The van der Waals surface area contributed by atoms with Crippen molar-refractivity contribution in [3.05, 3.63) is 88.6 Å². The van der Waals surface area contributed by atoms with Gasteiger partial charge < -0.3 is 0 Å². The van der Waals surface area contributed by atoms with Gasteiger partial charge in [-0.1, -0.05) is 0 Å². The summed E-state index contributed by atoms with van der Waals surface area (Å²) in [5, 5.41) is 19.4. The summed E-state index contributed by atoms with van der Waals surface area (Å²) in [7, 11) is 0. The van der Waals surface area contributed by atoms with Crippen molar-refractivity contribution >= 4 is 129 Å². The van der Waals surface area contributed by atoms with Gasteiger partial charge in [-0.15, -0.1) is 22.7 Å². The van der Waals surface area contributed by atoms with E-state index in [2.05, 4.69) is 22.9 Å². The van der Waals surface area contributed by atoms with E-state index in [1.807, 2.05) is 52.0 Å². The quantitative estimate of drug-likeness (QED) is 0.141. The molecule has 0 saturated heterocycles. The average Bonchev–Trinajstić information content (AvgIpc) is 3.72. The van der Waals surface area contributed by atoms with Crippen LogP contribution < -0.4 is 22.2 Å². The molecule has 11 aromatic rings. The molecule has 0 radical (unpaired) electrons. The van der Waals surface area contributed by atoms with Gasteiger partial charge in [0.2, 0.25) is 0 Å². The summed E-state index contributed by atoms with van der Waals surface area (Å²) in [6.45, 7) is 7.52. The monoisotopic (exact) mass is 634 g/mol. The summed E-state index contributed by atoms with van der Waals surface area (Å²) in [5.41, 5.74) is -1.08. The molecule has 0 fully saturated rings. The van der Waals surface area contributed by atoms with E-state index in [1.54, 1.807) is 22.7 Å². The molecule has 0 spiro atoms. The van der Waals surface area contributed by atoms with Crippen molar-refractivity contribution in [2.24, 2.45) is 0 Å². The number of hydrogen-bond donors (Lipinski definition) is 0. The molecule has 0 aliphatic carbocycles. The van der Waals surface area contributed by atoms with Crippen LogP contribution in [0.4, 0.5) is 0 Å². The highest BCUT2D eigenvalue weighted by Crippen LogP contribution is 2.55. The Morgan fingerprint density at radius 1 is 0.413 bits per heavy atom. The maximum atomic E-state index is 14.2. The topological polar surface area (TPSA) is 78.1 Å². The molecule has 0 unspecified atom stereocenters. The molecule has 0 bridgehead atoms.